The number of nitriles is 1. The lowest BCUT2D eigenvalue weighted by molar-refractivity contribution is 0.0934. The third-order valence-corrected chi connectivity index (χ3v) is 2.73. The Labute approximate surface area is 112 Å². The molecule has 1 unspecified atom stereocenters. The highest BCUT2D eigenvalue weighted by molar-refractivity contribution is 6.31. The minimum Gasteiger partial charge on any atom is -0.496 e. The van der Waals surface area contributed by atoms with Gasteiger partial charge in [0.15, 0.2) is 0 Å². The third-order valence-electron chi connectivity index (χ3n) is 2.50. The molecule has 4 nitrogen and oxygen atoms in total. The van der Waals surface area contributed by atoms with E-state index >= 15 is 0 Å². The standard InChI is InChI=1S/C13H15ClN2O2/c1-8(2)11(7-15)16-13(17)10-6-9(14)4-5-12(10)18-3/h4-6,8,11H,1-3H3,(H,16,17). The van der Waals surface area contributed by atoms with Gasteiger partial charge in [0.05, 0.1) is 18.7 Å². The molecule has 18 heavy (non-hydrogen) atoms. The number of halogens is 1. The van der Waals surface area contributed by atoms with Crippen molar-refractivity contribution in [3.8, 4) is 11.8 Å². The van der Waals surface area contributed by atoms with Gasteiger partial charge in [-0.05, 0) is 24.1 Å². The Hall–Kier alpha value is -1.73. The zero-order valence-electron chi connectivity index (χ0n) is 10.5. The predicted octanol–water partition coefficient (Wildman–Crippen LogP) is 2.63. The molecule has 0 spiro atoms. The molecule has 0 aromatic heterocycles. The van der Waals surface area contributed by atoms with E-state index in [4.69, 9.17) is 21.6 Å². The molecule has 0 aliphatic heterocycles. The summed E-state index contributed by atoms with van der Waals surface area (Å²) in [5, 5.41) is 12.0. The number of carbonyl (C=O) groups excluding carboxylic acids is 1. The molecular weight excluding hydrogens is 252 g/mol. The van der Waals surface area contributed by atoms with E-state index < -0.39 is 6.04 Å². The molecule has 0 aliphatic carbocycles. The average molecular weight is 267 g/mol. The van der Waals surface area contributed by atoms with Crippen molar-refractivity contribution in [2.45, 2.75) is 19.9 Å². The first-order chi connectivity index (χ1) is 8.49. The monoisotopic (exact) mass is 266 g/mol. The number of hydrogen-bond acceptors (Lipinski definition) is 3. The number of hydrogen-bond donors (Lipinski definition) is 1. The molecule has 0 radical (unpaired) electrons. The molecular formula is C13H15ClN2O2. The van der Waals surface area contributed by atoms with Crippen molar-refractivity contribution < 1.29 is 9.53 Å². The summed E-state index contributed by atoms with van der Waals surface area (Å²) < 4.78 is 5.09. The molecule has 1 aromatic carbocycles. The number of methoxy groups -OCH3 is 1. The van der Waals surface area contributed by atoms with E-state index in [2.05, 4.69) is 5.32 Å². The van der Waals surface area contributed by atoms with Crippen molar-refractivity contribution in [2.75, 3.05) is 7.11 Å². The minimum atomic E-state index is -0.541. The first kappa shape index (κ1) is 14.3. The number of benzene rings is 1. The average Bonchev–Trinajstić information content (AvgIpc) is 2.35. The molecule has 0 fully saturated rings. The quantitative estimate of drug-likeness (QED) is 0.911. The van der Waals surface area contributed by atoms with Gasteiger partial charge in [0.1, 0.15) is 11.8 Å². The van der Waals surface area contributed by atoms with E-state index in [1.165, 1.54) is 13.2 Å². The summed E-state index contributed by atoms with van der Waals surface area (Å²) in [4.78, 5) is 12.0. The van der Waals surface area contributed by atoms with Crippen molar-refractivity contribution in [3.63, 3.8) is 0 Å². The molecule has 1 N–H and O–H groups in total. The van der Waals surface area contributed by atoms with E-state index in [-0.39, 0.29) is 11.8 Å². The van der Waals surface area contributed by atoms with Crippen LogP contribution in [0.5, 0.6) is 5.75 Å². The molecule has 0 bridgehead atoms. The van der Waals surface area contributed by atoms with Crippen LogP contribution in [0.15, 0.2) is 18.2 Å². The fourth-order valence-electron chi connectivity index (χ4n) is 1.42. The van der Waals surface area contributed by atoms with Gasteiger partial charge in [0.25, 0.3) is 5.91 Å². The number of ether oxygens (including phenoxy) is 1. The minimum absolute atomic E-state index is 0.0316. The number of nitrogens with zero attached hydrogens (tertiary/aromatic N) is 1. The third kappa shape index (κ3) is 3.38. The Kier molecular flexibility index (Phi) is 4.99. The summed E-state index contributed by atoms with van der Waals surface area (Å²) in [6.07, 6.45) is 0. The Morgan fingerprint density at radius 1 is 1.50 bits per heavy atom. The van der Waals surface area contributed by atoms with Gasteiger partial charge in [-0.15, -0.1) is 0 Å². The number of rotatable bonds is 4. The summed E-state index contributed by atoms with van der Waals surface area (Å²) in [5.74, 6) is 0.0936. The molecule has 0 aliphatic rings. The lowest BCUT2D eigenvalue weighted by Gasteiger charge is -2.16. The van der Waals surface area contributed by atoms with Crippen molar-refractivity contribution in [2.24, 2.45) is 5.92 Å². The lowest BCUT2D eigenvalue weighted by Crippen LogP contribution is -2.37. The number of nitrogens with one attached hydrogen (secondary N) is 1. The fourth-order valence-corrected chi connectivity index (χ4v) is 1.60. The van der Waals surface area contributed by atoms with Crippen LogP contribution < -0.4 is 10.1 Å². The van der Waals surface area contributed by atoms with E-state index in [1.54, 1.807) is 12.1 Å². The van der Waals surface area contributed by atoms with Crippen LogP contribution in [0.3, 0.4) is 0 Å². The van der Waals surface area contributed by atoms with Crippen LogP contribution in [0.2, 0.25) is 5.02 Å². The van der Waals surface area contributed by atoms with Crippen LogP contribution in [-0.4, -0.2) is 19.1 Å². The SMILES string of the molecule is COc1ccc(Cl)cc1C(=O)NC(C#N)C(C)C. The van der Waals surface area contributed by atoms with Crippen LogP contribution >= 0.6 is 11.6 Å². The second kappa shape index (κ2) is 6.27. The van der Waals surface area contributed by atoms with Crippen molar-refractivity contribution in [1.82, 2.24) is 5.32 Å². The van der Waals surface area contributed by atoms with Crippen LogP contribution in [-0.2, 0) is 0 Å². The van der Waals surface area contributed by atoms with Gasteiger partial charge in [-0.25, -0.2) is 0 Å². The highest BCUT2D eigenvalue weighted by Gasteiger charge is 2.19. The zero-order valence-corrected chi connectivity index (χ0v) is 11.3. The van der Waals surface area contributed by atoms with Crippen LogP contribution in [0.1, 0.15) is 24.2 Å². The van der Waals surface area contributed by atoms with E-state index in [0.29, 0.717) is 16.3 Å². The Bertz CT molecular complexity index is 480. The van der Waals surface area contributed by atoms with Gasteiger partial charge in [-0.2, -0.15) is 5.26 Å². The molecule has 0 saturated carbocycles. The molecule has 5 heteroatoms. The van der Waals surface area contributed by atoms with Gasteiger partial charge in [0, 0.05) is 5.02 Å². The van der Waals surface area contributed by atoms with E-state index in [1.807, 2.05) is 19.9 Å². The molecule has 1 atom stereocenters. The summed E-state index contributed by atoms with van der Waals surface area (Å²) >= 11 is 5.85. The van der Waals surface area contributed by atoms with Crippen molar-refractivity contribution >= 4 is 17.5 Å². The first-order valence-corrected chi connectivity index (χ1v) is 5.91. The summed E-state index contributed by atoms with van der Waals surface area (Å²) in [6.45, 7) is 3.73. The van der Waals surface area contributed by atoms with Gasteiger partial charge in [-0.3, -0.25) is 4.79 Å². The second-order valence-corrected chi connectivity index (χ2v) is 4.61. The maximum absolute atomic E-state index is 12.0. The maximum Gasteiger partial charge on any atom is 0.256 e. The predicted molar refractivity (Wildman–Crippen MR) is 69.7 cm³/mol. The van der Waals surface area contributed by atoms with Crippen molar-refractivity contribution in [1.29, 1.82) is 5.26 Å². The summed E-state index contributed by atoms with van der Waals surface area (Å²) in [6, 6.07) is 6.29. The highest BCUT2D eigenvalue weighted by Crippen LogP contribution is 2.22. The second-order valence-electron chi connectivity index (χ2n) is 4.17. The van der Waals surface area contributed by atoms with Gasteiger partial charge in [0.2, 0.25) is 0 Å². The van der Waals surface area contributed by atoms with E-state index in [9.17, 15) is 4.79 Å². The topological polar surface area (TPSA) is 62.1 Å². The van der Waals surface area contributed by atoms with Crippen LogP contribution in [0.4, 0.5) is 0 Å². The smallest absolute Gasteiger partial charge is 0.256 e. The van der Waals surface area contributed by atoms with Crippen LogP contribution in [0.25, 0.3) is 0 Å². The van der Waals surface area contributed by atoms with Gasteiger partial charge >= 0.3 is 0 Å². The number of amides is 1. The maximum atomic E-state index is 12.0. The molecule has 1 rings (SSSR count). The summed E-state index contributed by atoms with van der Waals surface area (Å²) in [7, 11) is 1.48. The Morgan fingerprint density at radius 3 is 2.67 bits per heavy atom. The first-order valence-electron chi connectivity index (χ1n) is 5.53. The normalized spacial score (nSPS) is 11.8. The molecule has 1 aromatic rings. The van der Waals surface area contributed by atoms with E-state index in [0.717, 1.165) is 0 Å². The Balaban J connectivity index is 2.97. The van der Waals surface area contributed by atoms with Gasteiger partial charge < -0.3 is 10.1 Å². The molecule has 0 heterocycles. The molecule has 0 saturated heterocycles. The van der Waals surface area contributed by atoms with Crippen molar-refractivity contribution in [3.05, 3.63) is 28.8 Å². The lowest BCUT2D eigenvalue weighted by atomic mass is 10.1. The van der Waals surface area contributed by atoms with Crippen LogP contribution in [0, 0.1) is 17.2 Å². The fraction of sp³-hybridized carbons (Fsp3) is 0.385. The summed E-state index contributed by atoms with van der Waals surface area (Å²) in [5.41, 5.74) is 0.325. The molecule has 96 valence electrons. The largest absolute Gasteiger partial charge is 0.496 e. The number of carbonyl (C=O) groups is 1. The Morgan fingerprint density at radius 2 is 2.17 bits per heavy atom. The zero-order chi connectivity index (χ0) is 13.7. The molecule has 1 amide bonds. The van der Waals surface area contributed by atoms with Gasteiger partial charge in [-0.1, -0.05) is 25.4 Å². The highest BCUT2D eigenvalue weighted by atomic mass is 35.5.